The molecule has 1 aliphatic rings. The van der Waals surface area contributed by atoms with Gasteiger partial charge in [-0.05, 0) is 33.8 Å². The Kier molecular flexibility index (Phi) is 3.15. The van der Waals surface area contributed by atoms with E-state index in [4.69, 9.17) is 10.5 Å². The van der Waals surface area contributed by atoms with E-state index in [1.54, 1.807) is 12.3 Å². The topological polar surface area (TPSA) is 75.2 Å². The molecule has 0 unspecified atom stereocenters. The summed E-state index contributed by atoms with van der Waals surface area (Å²) in [6, 6.07) is 3.83. The fourth-order valence-corrected chi connectivity index (χ4v) is 2.75. The van der Waals surface area contributed by atoms with Crippen LogP contribution in [-0.2, 0) is 4.74 Å². The van der Waals surface area contributed by atoms with Gasteiger partial charge in [0.2, 0.25) is 0 Å². The van der Waals surface area contributed by atoms with Crippen LogP contribution in [0.3, 0.4) is 0 Å². The Bertz CT molecular complexity index is 515. The highest BCUT2D eigenvalue weighted by atomic mass is 16.5. The lowest BCUT2D eigenvalue weighted by Gasteiger charge is -2.47. The zero-order chi connectivity index (χ0) is 14.3. The monoisotopic (exact) mass is 260 g/mol. The van der Waals surface area contributed by atoms with Gasteiger partial charge in [0.15, 0.2) is 0 Å². The summed E-state index contributed by atoms with van der Waals surface area (Å²) in [4.78, 5) is 6.43. The van der Waals surface area contributed by atoms with E-state index in [0.717, 1.165) is 0 Å². The average molecular weight is 260 g/mol. The van der Waals surface area contributed by atoms with E-state index < -0.39 is 0 Å². The van der Waals surface area contributed by atoms with Crippen LogP contribution in [0, 0.1) is 11.3 Å². The third-order valence-corrected chi connectivity index (χ3v) is 3.00. The molecule has 2 heterocycles. The minimum Gasteiger partial charge on any atom is -0.397 e. The van der Waals surface area contributed by atoms with Gasteiger partial charge in [-0.2, -0.15) is 5.26 Å². The fraction of sp³-hybridized carbons (Fsp3) is 0.571. The molecule has 1 aliphatic heterocycles. The first-order chi connectivity index (χ1) is 8.72. The summed E-state index contributed by atoms with van der Waals surface area (Å²) in [6.07, 6.45) is 1.59. The third kappa shape index (κ3) is 2.96. The largest absolute Gasteiger partial charge is 0.397 e. The predicted molar refractivity (Wildman–Crippen MR) is 74.8 cm³/mol. The van der Waals surface area contributed by atoms with Crippen molar-refractivity contribution in [1.29, 1.82) is 5.26 Å². The van der Waals surface area contributed by atoms with Crippen LogP contribution < -0.4 is 10.6 Å². The molecular formula is C14H20N4O. The lowest BCUT2D eigenvalue weighted by Crippen LogP contribution is -2.57. The minimum atomic E-state index is -0.280. The standard InChI is InChI=1S/C14H20N4O/c1-13(2)8-18(9-14(3,4)19-13)12-10(6-15)5-11(16)7-17-12/h5,7H,8-9,16H2,1-4H3. The number of morpholine rings is 1. The second-order valence-corrected chi connectivity index (χ2v) is 6.23. The van der Waals surface area contributed by atoms with Crippen LogP contribution in [0.5, 0.6) is 0 Å². The number of ether oxygens (including phenoxy) is 1. The molecule has 0 atom stereocenters. The maximum atomic E-state index is 9.23. The molecule has 0 amide bonds. The second kappa shape index (κ2) is 4.39. The van der Waals surface area contributed by atoms with Crippen LogP contribution in [0.4, 0.5) is 11.5 Å². The van der Waals surface area contributed by atoms with Gasteiger partial charge in [0.05, 0.1) is 28.6 Å². The van der Waals surface area contributed by atoms with Crippen molar-refractivity contribution in [3.63, 3.8) is 0 Å². The average Bonchev–Trinajstić information content (AvgIpc) is 2.24. The number of hydrogen-bond donors (Lipinski definition) is 1. The molecule has 1 aromatic rings. The number of nitrogen functional groups attached to an aromatic ring is 1. The number of pyridine rings is 1. The fourth-order valence-electron chi connectivity index (χ4n) is 2.75. The summed E-state index contributed by atoms with van der Waals surface area (Å²) < 4.78 is 6.03. The third-order valence-electron chi connectivity index (χ3n) is 3.00. The van der Waals surface area contributed by atoms with Gasteiger partial charge >= 0.3 is 0 Å². The van der Waals surface area contributed by atoms with E-state index in [-0.39, 0.29) is 11.2 Å². The van der Waals surface area contributed by atoms with E-state index in [1.165, 1.54) is 0 Å². The maximum Gasteiger partial charge on any atom is 0.146 e. The van der Waals surface area contributed by atoms with Crippen LogP contribution in [0.25, 0.3) is 0 Å². The SMILES string of the molecule is CC1(C)CN(c2ncc(N)cc2C#N)CC(C)(C)O1. The summed E-state index contributed by atoms with van der Waals surface area (Å²) in [6.45, 7) is 9.58. The number of aromatic nitrogens is 1. The van der Waals surface area contributed by atoms with Crippen LogP contribution in [0.15, 0.2) is 12.3 Å². The number of nitrogens with two attached hydrogens (primary N) is 1. The number of anilines is 2. The highest BCUT2D eigenvalue weighted by Gasteiger charge is 2.39. The van der Waals surface area contributed by atoms with Gasteiger partial charge in [0, 0.05) is 13.1 Å². The van der Waals surface area contributed by atoms with Crippen molar-refractivity contribution in [3.8, 4) is 6.07 Å². The normalized spacial score (nSPS) is 20.9. The smallest absolute Gasteiger partial charge is 0.146 e. The van der Waals surface area contributed by atoms with E-state index in [1.807, 2.05) is 27.7 Å². The van der Waals surface area contributed by atoms with Crippen molar-refractivity contribution in [3.05, 3.63) is 17.8 Å². The molecule has 0 saturated carbocycles. The van der Waals surface area contributed by atoms with Crippen molar-refractivity contribution >= 4 is 11.5 Å². The molecule has 2 N–H and O–H groups in total. The predicted octanol–water partition coefficient (Wildman–Crippen LogP) is 1.93. The maximum absolute atomic E-state index is 9.23. The Morgan fingerprint density at radius 2 is 1.89 bits per heavy atom. The number of hydrogen-bond acceptors (Lipinski definition) is 5. The zero-order valence-corrected chi connectivity index (χ0v) is 11.9. The van der Waals surface area contributed by atoms with Crippen LogP contribution >= 0.6 is 0 Å². The summed E-state index contributed by atoms with van der Waals surface area (Å²) in [5, 5.41) is 9.23. The molecule has 0 spiro atoms. The van der Waals surface area contributed by atoms with Gasteiger partial charge in [0.25, 0.3) is 0 Å². The first kappa shape index (κ1) is 13.6. The summed E-state index contributed by atoms with van der Waals surface area (Å²) in [5.41, 5.74) is 6.14. The van der Waals surface area contributed by atoms with Gasteiger partial charge in [-0.25, -0.2) is 4.98 Å². The van der Waals surface area contributed by atoms with Crippen molar-refractivity contribution in [2.75, 3.05) is 23.7 Å². The lowest BCUT2D eigenvalue weighted by molar-refractivity contribution is -0.133. The first-order valence-corrected chi connectivity index (χ1v) is 6.33. The van der Waals surface area contributed by atoms with Crippen molar-refractivity contribution in [1.82, 2.24) is 4.98 Å². The molecule has 0 bridgehead atoms. The van der Waals surface area contributed by atoms with Crippen LogP contribution in [0.1, 0.15) is 33.3 Å². The molecule has 1 saturated heterocycles. The second-order valence-electron chi connectivity index (χ2n) is 6.23. The van der Waals surface area contributed by atoms with Gasteiger partial charge in [-0.15, -0.1) is 0 Å². The molecule has 1 aromatic heterocycles. The lowest BCUT2D eigenvalue weighted by atomic mass is 9.98. The summed E-state index contributed by atoms with van der Waals surface area (Å²) in [7, 11) is 0. The molecule has 0 radical (unpaired) electrons. The minimum absolute atomic E-state index is 0.280. The quantitative estimate of drug-likeness (QED) is 0.835. The van der Waals surface area contributed by atoms with Crippen LogP contribution in [-0.4, -0.2) is 29.3 Å². The zero-order valence-electron chi connectivity index (χ0n) is 11.9. The number of rotatable bonds is 1. The van der Waals surface area contributed by atoms with E-state index in [9.17, 15) is 5.26 Å². The molecule has 5 nitrogen and oxygen atoms in total. The molecule has 1 fully saturated rings. The highest BCUT2D eigenvalue weighted by Crippen LogP contribution is 2.32. The molecule has 19 heavy (non-hydrogen) atoms. The Labute approximate surface area is 114 Å². The van der Waals surface area contributed by atoms with E-state index in [2.05, 4.69) is 16.0 Å². The number of nitriles is 1. The molecule has 5 heteroatoms. The van der Waals surface area contributed by atoms with E-state index in [0.29, 0.717) is 30.2 Å². The van der Waals surface area contributed by atoms with Crippen molar-refractivity contribution in [2.45, 2.75) is 38.9 Å². The van der Waals surface area contributed by atoms with Gasteiger partial charge in [0.1, 0.15) is 11.9 Å². The Morgan fingerprint density at radius 1 is 1.32 bits per heavy atom. The summed E-state index contributed by atoms with van der Waals surface area (Å²) >= 11 is 0. The Morgan fingerprint density at radius 3 is 2.42 bits per heavy atom. The molecule has 0 aliphatic carbocycles. The van der Waals surface area contributed by atoms with Gasteiger partial charge in [-0.1, -0.05) is 0 Å². The van der Waals surface area contributed by atoms with E-state index >= 15 is 0 Å². The first-order valence-electron chi connectivity index (χ1n) is 6.33. The molecule has 0 aromatic carbocycles. The summed E-state index contributed by atoms with van der Waals surface area (Å²) in [5.74, 6) is 0.682. The molecular weight excluding hydrogens is 240 g/mol. The molecule has 2 rings (SSSR count). The van der Waals surface area contributed by atoms with Crippen molar-refractivity contribution < 1.29 is 4.74 Å². The van der Waals surface area contributed by atoms with Crippen molar-refractivity contribution in [2.24, 2.45) is 0 Å². The molecule has 102 valence electrons. The Hall–Kier alpha value is -1.80. The van der Waals surface area contributed by atoms with Crippen LogP contribution in [0.2, 0.25) is 0 Å². The van der Waals surface area contributed by atoms with Gasteiger partial charge < -0.3 is 15.4 Å². The van der Waals surface area contributed by atoms with Gasteiger partial charge in [-0.3, -0.25) is 0 Å². The highest BCUT2D eigenvalue weighted by molar-refractivity contribution is 5.59. The number of nitrogens with zero attached hydrogens (tertiary/aromatic N) is 3. The Balaban J connectivity index is 2.39.